The fraction of sp³-hybridized carbons (Fsp3) is 1.00. The lowest BCUT2D eigenvalue weighted by Gasteiger charge is -2.13. The molecular formula is C7H15NO2S. The van der Waals surface area contributed by atoms with Gasteiger partial charge in [0, 0.05) is 5.54 Å². The van der Waals surface area contributed by atoms with Crippen LogP contribution in [0.25, 0.3) is 0 Å². The Morgan fingerprint density at radius 2 is 2.00 bits per heavy atom. The maximum atomic E-state index is 10.9. The molecule has 0 aromatic heterocycles. The first-order valence-corrected chi connectivity index (χ1v) is 5.85. The van der Waals surface area contributed by atoms with Crippen molar-refractivity contribution in [3.8, 4) is 0 Å². The molecule has 0 aromatic carbocycles. The number of nitrogens with one attached hydrogen (secondary N) is 1. The van der Waals surface area contributed by atoms with Crippen molar-refractivity contribution < 1.29 is 8.42 Å². The minimum Gasteiger partial charge on any atom is -0.213 e. The summed E-state index contributed by atoms with van der Waals surface area (Å²) in [5.74, 6) is 0. The summed E-state index contributed by atoms with van der Waals surface area (Å²) in [5, 5.41) is 0. The molecule has 0 saturated heterocycles. The van der Waals surface area contributed by atoms with Gasteiger partial charge in [0.25, 0.3) is 0 Å². The highest BCUT2D eigenvalue weighted by Gasteiger charge is 2.43. The van der Waals surface area contributed by atoms with Crippen molar-refractivity contribution in [3.63, 3.8) is 0 Å². The molecule has 4 heteroatoms. The van der Waals surface area contributed by atoms with Crippen LogP contribution in [0.4, 0.5) is 0 Å². The van der Waals surface area contributed by atoms with Crippen LogP contribution in [0.15, 0.2) is 0 Å². The molecule has 1 aliphatic rings. The third-order valence-electron chi connectivity index (χ3n) is 1.98. The molecule has 0 radical (unpaired) electrons. The van der Waals surface area contributed by atoms with Crippen molar-refractivity contribution in [2.24, 2.45) is 0 Å². The van der Waals surface area contributed by atoms with Gasteiger partial charge in [0.2, 0.25) is 10.0 Å². The van der Waals surface area contributed by atoms with E-state index in [9.17, 15) is 8.42 Å². The quantitative estimate of drug-likeness (QED) is 0.692. The Kier molecular flexibility index (Phi) is 2.25. The first-order chi connectivity index (χ1) is 4.97. The molecule has 11 heavy (non-hydrogen) atoms. The Labute approximate surface area is 68.2 Å². The molecule has 3 nitrogen and oxygen atoms in total. The Bertz CT molecular complexity index is 229. The zero-order valence-corrected chi connectivity index (χ0v) is 7.87. The number of sulfonamides is 1. The van der Waals surface area contributed by atoms with Crippen LogP contribution in [0.3, 0.4) is 0 Å². The highest BCUT2D eigenvalue weighted by atomic mass is 32.2. The minimum atomic E-state index is -2.99. The molecular weight excluding hydrogens is 162 g/mol. The average Bonchev–Trinajstić information content (AvgIpc) is 2.44. The molecule has 0 atom stereocenters. The predicted octanol–water partition coefficient (Wildman–Crippen LogP) is 0.868. The van der Waals surface area contributed by atoms with Gasteiger partial charge in [-0.1, -0.05) is 13.3 Å². The maximum absolute atomic E-state index is 10.9. The molecule has 0 amide bonds. The fourth-order valence-corrected chi connectivity index (χ4v) is 2.52. The molecule has 1 rings (SSSR count). The van der Waals surface area contributed by atoms with Gasteiger partial charge in [0.1, 0.15) is 0 Å². The maximum Gasteiger partial charge on any atom is 0.209 e. The van der Waals surface area contributed by atoms with Crippen molar-refractivity contribution >= 4 is 10.0 Å². The van der Waals surface area contributed by atoms with Crippen LogP contribution in [0.1, 0.15) is 32.6 Å². The summed E-state index contributed by atoms with van der Waals surface area (Å²) in [4.78, 5) is 0. The average molecular weight is 177 g/mol. The van der Waals surface area contributed by atoms with E-state index in [2.05, 4.69) is 11.6 Å². The van der Waals surface area contributed by atoms with Gasteiger partial charge < -0.3 is 0 Å². The first kappa shape index (κ1) is 9.00. The van der Waals surface area contributed by atoms with Crippen LogP contribution in [-0.4, -0.2) is 20.2 Å². The van der Waals surface area contributed by atoms with Crippen molar-refractivity contribution in [1.29, 1.82) is 0 Å². The molecule has 66 valence electrons. The molecule has 1 N–H and O–H groups in total. The van der Waals surface area contributed by atoms with E-state index in [1.165, 1.54) is 6.26 Å². The highest BCUT2D eigenvalue weighted by molar-refractivity contribution is 7.88. The predicted molar refractivity (Wildman–Crippen MR) is 44.9 cm³/mol. The van der Waals surface area contributed by atoms with Gasteiger partial charge in [-0.05, 0) is 19.3 Å². The monoisotopic (exact) mass is 177 g/mol. The summed E-state index contributed by atoms with van der Waals surface area (Å²) >= 11 is 0. The van der Waals surface area contributed by atoms with E-state index in [0.29, 0.717) is 0 Å². The lowest BCUT2D eigenvalue weighted by molar-refractivity contribution is 0.517. The summed E-state index contributed by atoms with van der Waals surface area (Å²) in [6.07, 6.45) is 5.26. The topological polar surface area (TPSA) is 46.2 Å². The van der Waals surface area contributed by atoms with Crippen LogP contribution >= 0.6 is 0 Å². The van der Waals surface area contributed by atoms with Crippen molar-refractivity contribution in [1.82, 2.24) is 4.72 Å². The van der Waals surface area contributed by atoms with E-state index in [1.54, 1.807) is 0 Å². The number of rotatable bonds is 4. The van der Waals surface area contributed by atoms with Gasteiger partial charge in [-0.25, -0.2) is 13.1 Å². The van der Waals surface area contributed by atoms with Crippen LogP contribution in [0.5, 0.6) is 0 Å². The second-order valence-electron chi connectivity index (χ2n) is 3.40. The SMILES string of the molecule is CCCC1(NS(C)(=O)=O)CC1. The molecule has 0 aliphatic heterocycles. The third kappa shape index (κ3) is 2.79. The van der Waals surface area contributed by atoms with Crippen molar-refractivity contribution in [2.75, 3.05) is 6.26 Å². The van der Waals surface area contributed by atoms with Gasteiger partial charge in [0.15, 0.2) is 0 Å². The molecule has 0 bridgehead atoms. The van der Waals surface area contributed by atoms with Crippen LogP contribution in [-0.2, 0) is 10.0 Å². The van der Waals surface area contributed by atoms with E-state index < -0.39 is 10.0 Å². The van der Waals surface area contributed by atoms with Gasteiger partial charge in [0.05, 0.1) is 6.26 Å². The standard InChI is InChI=1S/C7H15NO2S/c1-3-4-7(5-6-7)8-11(2,9)10/h8H,3-6H2,1-2H3. The molecule has 0 spiro atoms. The molecule has 1 saturated carbocycles. The van der Waals surface area contributed by atoms with Crippen LogP contribution in [0.2, 0.25) is 0 Å². The van der Waals surface area contributed by atoms with Crippen molar-refractivity contribution in [2.45, 2.75) is 38.1 Å². The zero-order chi connectivity index (χ0) is 8.54. The second kappa shape index (κ2) is 2.75. The normalized spacial score (nSPS) is 21.6. The largest absolute Gasteiger partial charge is 0.213 e. The van der Waals surface area contributed by atoms with Gasteiger partial charge in [-0.3, -0.25) is 0 Å². The lowest BCUT2D eigenvalue weighted by atomic mass is 10.1. The Balaban J connectivity index is 2.48. The third-order valence-corrected chi connectivity index (χ3v) is 2.79. The summed E-state index contributed by atoms with van der Waals surface area (Å²) < 4.78 is 24.4. The van der Waals surface area contributed by atoms with E-state index in [4.69, 9.17) is 0 Å². The molecule has 0 heterocycles. The van der Waals surface area contributed by atoms with E-state index in [-0.39, 0.29) is 5.54 Å². The molecule has 1 aliphatic carbocycles. The van der Waals surface area contributed by atoms with Crippen molar-refractivity contribution in [3.05, 3.63) is 0 Å². The van der Waals surface area contributed by atoms with E-state index in [1.807, 2.05) is 0 Å². The summed E-state index contributed by atoms with van der Waals surface area (Å²) in [5.41, 5.74) is -0.0532. The molecule has 0 unspecified atom stereocenters. The van der Waals surface area contributed by atoms with E-state index in [0.717, 1.165) is 25.7 Å². The minimum absolute atomic E-state index is 0.0532. The second-order valence-corrected chi connectivity index (χ2v) is 5.15. The Hall–Kier alpha value is -0.0900. The van der Waals surface area contributed by atoms with Crippen LogP contribution < -0.4 is 4.72 Å². The highest BCUT2D eigenvalue weighted by Crippen LogP contribution is 2.39. The van der Waals surface area contributed by atoms with Gasteiger partial charge in [-0.2, -0.15) is 0 Å². The van der Waals surface area contributed by atoms with E-state index >= 15 is 0 Å². The summed E-state index contributed by atoms with van der Waals surface area (Å²) in [7, 11) is -2.99. The zero-order valence-electron chi connectivity index (χ0n) is 7.05. The smallest absolute Gasteiger partial charge is 0.209 e. The molecule has 1 fully saturated rings. The fourth-order valence-electron chi connectivity index (χ4n) is 1.43. The summed E-state index contributed by atoms with van der Waals surface area (Å²) in [6.45, 7) is 2.07. The van der Waals surface area contributed by atoms with Crippen LogP contribution in [0, 0.1) is 0 Å². The first-order valence-electron chi connectivity index (χ1n) is 3.96. The van der Waals surface area contributed by atoms with Gasteiger partial charge >= 0.3 is 0 Å². The van der Waals surface area contributed by atoms with Gasteiger partial charge in [-0.15, -0.1) is 0 Å². The lowest BCUT2D eigenvalue weighted by Crippen LogP contribution is -2.35. The number of hydrogen-bond acceptors (Lipinski definition) is 2. The Morgan fingerprint density at radius 1 is 1.45 bits per heavy atom. The number of hydrogen-bond donors (Lipinski definition) is 1. The Morgan fingerprint density at radius 3 is 2.27 bits per heavy atom. The molecule has 0 aromatic rings. The summed E-state index contributed by atoms with van der Waals surface area (Å²) in [6, 6.07) is 0.